The van der Waals surface area contributed by atoms with E-state index in [-0.39, 0.29) is 11.8 Å². The quantitative estimate of drug-likeness (QED) is 0.683. The molecule has 1 aliphatic carbocycles. The monoisotopic (exact) mass is 230 g/mol. The molecule has 1 heterocycles. The van der Waals surface area contributed by atoms with Gasteiger partial charge in [-0.2, -0.15) is 0 Å². The Labute approximate surface area is 96.4 Å². The Morgan fingerprint density at radius 3 is 2.73 bits per heavy atom. The van der Waals surface area contributed by atoms with Gasteiger partial charge in [-0.05, 0) is 32.7 Å². The molecule has 1 saturated carbocycles. The Morgan fingerprint density at radius 2 is 2.13 bits per heavy atom. The fourth-order valence-corrected chi connectivity index (χ4v) is 2.55. The summed E-state index contributed by atoms with van der Waals surface area (Å²) in [5, 5.41) is 0. The average Bonchev–Trinajstić information content (AvgIpc) is 3.11. The maximum atomic E-state index is 11.5. The fourth-order valence-electron chi connectivity index (χ4n) is 2.38. The van der Waals surface area contributed by atoms with Gasteiger partial charge in [0.2, 0.25) is 5.91 Å². The van der Waals surface area contributed by atoms with E-state index in [1.807, 2.05) is 4.90 Å². The summed E-state index contributed by atoms with van der Waals surface area (Å²) in [6.45, 7) is 1.76. The molecule has 2 fully saturated rings. The van der Waals surface area contributed by atoms with E-state index in [0.717, 1.165) is 25.6 Å². The lowest BCUT2D eigenvalue weighted by Crippen LogP contribution is -2.49. The summed E-state index contributed by atoms with van der Waals surface area (Å²) >= 11 is 5.58. The van der Waals surface area contributed by atoms with Crippen LogP contribution in [0.1, 0.15) is 25.7 Å². The third-order valence-electron chi connectivity index (χ3n) is 3.56. The summed E-state index contributed by atoms with van der Waals surface area (Å²) in [6.07, 6.45) is 5.00. The molecule has 1 atom stereocenters. The Bertz CT molecular complexity index is 243. The van der Waals surface area contributed by atoms with Crippen LogP contribution < -0.4 is 0 Å². The first-order valence-corrected chi connectivity index (χ1v) is 6.31. The number of piperidine rings is 1. The van der Waals surface area contributed by atoms with Gasteiger partial charge in [0.15, 0.2) is 0 Å². The van der Waals surface area contributed by atoms with Crippen LogP contribution >= 0.6 is 11.6 Å². The first-order chi connectivity index (χ1) is 7.22. The number of likely N-dealkylation sites (tertiary alicyclic amines) is 1. The Morgan fingerprint density at radius 1 is 1.40 bits per heavy atom. The molecule has 2 aliphatic rings. The predicted molar refractivity (Wildman–Crippen MR) is 61.1 cm³/mol. The van der Waals surface area contributed by atoms with Crippen molar-refractivity contribution in [3.63, 3.8) is 0 Å². The Kier molecular flexibility index (Phi) is 3.52. The van der Waals surface area contributed by atoms with Gasteiger partial charge < -0.3 is 4.90 Å². The molecule has 15 heavy (non-hydrogen) atoms. The zero-order valence-electron chi connectivity index (χ0n) is 9.29. The van der Waals surface area contributed by atoms with Crippen molar-refractivity contribution in [3.05, 3.63) is 0 Å². The van der Waals surface area contributed by atoms with Crippen LogP contribution in [0.2, 0.25) is 0 Å². The number of carbonyl (C=O) groups is 1. The SMILES string of the molecule is CN(C1CC1)C1CCCN(C(=O)CCl)C1. The summed E-state index contributed by atoms with van der Waals surface area (Å²) in [4.78, 5) is 15.9. The number of nitrogens with zero attached hydrogens (tertiary/aromatic N) is 2. The maximum Gasteiger partial charge on any atom is 0.237 e. The highest BCUT2D eigenvalue weighted by atomic mass is 35.5. The number of hydrogen-bond acceptors (Lipinski definition) is 2. The largest absolute Gasteiger partial charge is 0.340 e. The molecule has 0 aromatic heterocycles. The van der Waals surface area contributed by atoms with E-state index in [2.05, 4.69) is 11.9 Å². The zero-order chi connectivity index (χ0) is 10.8. The van der Waals surface area contributed by atoms with Crippen LogP contribution in [0.3, 0.4) is 0 Å². The van der Waals surface area contributed by atoms with Crippen LogP contribution in [-0.2, 0) is 4.79 Å². The van der Waals surface area contributed by atoms with E-state index in [1.54, 1.807) is 0 Å². The minimum Gasteiger partial charge on any atom is -0.340 e. The second-order valence-electron chi connectivity index (χ2n) is 4.67. The third kappa shape index (κ3) is 2.64. The van der Waals surface area contributed by atoms with E-state index >= 15 is 0 Å². The predicted octanol–water partition coefficient (Wildman–Crippen LogP) is 1.31. The molecule has 4 heteroatoms. The highest BCUT2D eigenvalue weighted by molar-refractivity contribution is 6.27. The molecule has 0 N–H and O–H groups in total. The first-order valence-electron chi connectivity index (χ1n) is 5.78. The summed E-state index contributed by atoms with van der Waals surface area (Å²) in [6, 6.07) is 1.33. The molecule has 0 spiro atoms. The lowest BCUT2D eigenvalue weighted by molar-refractivity contribution is -0.130. The van der Waals surface area contributed by atoms with Crippen LogP contribution in [-0.4, -0.2) is 53.8 Å². The normalized spacial score (nSPS) is 27.1. The number of amides is 1. The molecule has 1 unspecified atom stereocenters. The first kappa shape index (κ1) is 11.2. The van der Waals surface area contributed by atoms with Gasteiger partial charge in [0.05, 0.1) is 0 Å². The fraction of sp³-hybridized carbons (Fsp3) is 0.909. The average molecular weight is 231 g/mol. The van der Waals surface area contributed by atoms with Crippen molar-refractivity contribution in [2.45, 2.75) is 37.8 Å². The topological polar surface area (TPSA) is 23.6 Å². The minimum absolute atomic E-state index is 0.0885. The van der Waals surface area contributed by atoms with Crippen LogP contribution in [0.25, 0.3) is 0 Å². The van der Waals surface area contributed by atoms with Gasteiger partial charge >= 0.3 is 0 Å². The van der Waals surface area contributed by atoms with E-state index in [9.17, 15) is 4.79 Å². The molecule has 0 bridgehead atoms. The number of rotatable bonds is 3. The van der Waals surface area contributed by atoms with E-state index in [0.29, 0.717) is 6.04 Å². The molecule has 3 nitrogen and oxygen atoms in total. The van der Waals surface area contributed by atoms with Crippen LogP contribution in [0.15, 0.2) is 0 Å². The van der Waals surface area contributed by atoms with Crippen LogP contribution in [0.5, 0.6) is 0 Å². The van der Waals surface area contributed by atoms with Gasteiger partial charge in [0.25, 0.3) is 0 Å². The molecular weight excluding hydrogens is 212 g/mol. The summed E-state index contributed by atoms with van der Waals surface area (Å²) < 4.78 is 0. The van der Waals surface area contributed by atoms with E-state index in [4.69, 9.17) is 11.6 Å². The molecule has 1 aliphatic heterocycles. The molecule has 2 rings (SSSR count). The van der Waals surface area contributed by atoms with Crippen molar-refractivity contribution in [1.29, 1.82) is 0 Å². The molecule has 1 saturated heterocycles. The summed E-state index contributed by atoms with van der Waals surface area (Å²) in [5.41, 5.74) is 0. The standard InChI is InChI=1S/C11H19ClN2O/c1-13(9-4-5-9)10-3-2-6-14(8-10)11(15)7-12/h9-10H,2-8H2,1H3. The molecule has 86 valence electrons. The smallest absolute Gasteiger partial charge is 0.237 e. The van der Waals surface area contributed by atoms with E-state index in [1.165, 1.54) is 19.3 Å². The van der Waals surface area contributed by atoms with Gasteiger partial charge in [-0.1, -0.05) is 0 Å². The van der Waals surface area contributed by atoms with Crippen LogP contribution in [0, 0.1) is 0 Å². The molecular formula is C11H19ClN2O. The number of alkyl halides is 1. The number of carbonyl (C=O) groups excluding carboxylic acids is 1. The maximum absolute atomic E-state index is 11.5. The van der Waals surface area contributed by atoms with Crippen molar-refractivity contribution >= 4 is 17.5 Å². The second kappa shape index (κ2) is 4.71. The zero-order valence-corrected chi connectivity index (χ0v) is 10.0. The highest BCUT2D eigenvalue weighted by Gasteiger charge is 2.33. The molecule has 1 amide bonds. The van der Waals surface area contributed by atoms with Gasteiger partial charge in [-0.3, -0.25) is 9.69 Å². The van der Waals surface area contributed by atoms with Crippen molar-refractivity contribution in [3.8, 4) is 0 Å². The van der Waals surface area contributed by atoms with Crippen molar-refractivity contribution in [2.75, 3.05) is 26.0 Å². The highest BCUT2D eigenvalue weighted by Crippen LogP contribution is 2.29. The van der Waals surface area contributed by atoms with Crippen molar-refractivity contribution < 1.29 is 4.79 Å². The molecule has 0 aromatic rings. The van der Waals surface area contributed by atoms with Gasteiger partial charge in [-0.25, -0.2) is 0 Å². The lowest BCUT2D eigenvalue weighted by atomic mass is 10.0. The third-order valence-corrected chi connectivity index (χ3v) is 3.79. The summed E-state index contributed by atoms with van der Waals surface area (Å²) in [7, 11) is 2.19. The minimum atomic E-state index is 0.0885. The van der Waals surface area contributed by atoms with Crippen molar-refractivity contribution in [2.24, 2.45) is 0 Å². The Balaban J connectivity index is 1.88. The van der Waals surface area contributed by atoms with Crippen LogP contribution in [0.4, 0.5) is 0 Å². The number of halogens is 1. The van der Waals surface area contributed by atoms with Crippen molar-refractivity contribution in [1.82, 2.24) is 9.80 Å². The molecule has 0 aromatic carbocycles. The van der Waals surface area contributed by atoms with E-state index < -0.39 is 0 Å². The number of hydrogen-bond donors (Lipinski definition) is 0. The Hall–Kier alpha value is -0.280. The second-order valence-corrected chi connectivity index (χ2v) is 4.93. The summed E-state index contributed by atoms with van der Waals surface area (Å²) in [5.74, 6) is 0.213. The van der Waals surface area contributed by atoms with Gasteiger partial charge in [-0.15, -0.1) is 11.6 Å². The van der Waals surface area contributed by atoms with Gasteiger partial charge in [0, 0.05) is 25.2 Å². The lowest BCUT2D eigenvalue weighted by Gasteiger charge is -2.37. The number of likely N-dealkylation sites (N-methyl/N-ethyl adjacent to an activating group) is 1. The van der Waals surface area contributed by atoms with Gasteiger partial charge in [0.1, 0.15) is 5.88 Å². The molecule has 0 radical (unpaired) electrons.